The Balaban J connectivity index is 1.74. The van der Waals surface area contributed by atoms with Gasteiger partial charge in [-0.15, -0.1) is 0 Å². The Bertz CT molecular complexity index is 742. The Morgan fingerprint density at radius 1 is 1.15 bits per heavy atom. The second-order valence-corrected chi connectivity index (χ2v) is 7.24. The summed E-state index contributed by atoms with van der Waals surface area (Å²) >= 11 is 6.00. The van der Waals surface area contributed by atoms with Gasteiger partial charge in [0.1, 0.15) is 0 Å². The van der Waals surface area contributed by atoms with Crippen molar-refractivity contribution in [2.45, 2.75) is 31.8 Å². The number of carbonyl (C=O) groups is 1. The van der Waals surface area contributed by atoms with E-state index < -0.39 is 6.04 Å². The molecule has 2 aromatic carbocycles. The molecule has 1 heterocycles. The zero-order chi connectivity index (χ0) is 18.5. The molecule has 0 aromatic heterocycles. The van der Waals surface area contributed by atoms with Crippen molar-refractivity contribution in [2.24, 2.45) is 11.7 Å². The maximum Gasteiger partial charge on any atom is 0.237 e. The highest BCUT2D eigenvalue weighted by molar-refractivity contribution is 6.30. The molecule has 0 aliphatic carbocycles. The van der Waals surface area contributed by atoms with Gasteiger partial charge < -0.3 is 15.8 Å². The topological polar surface area (TPSA) is 64.4 Å². The minimum absolute atomic E-state index is 0.102. The van der Waals surface area contributed by atoms with Crippen molar-refractivity contribution >= 4 is 17.5 Å². The summed E-state index contributed by atoms with van der Waals surface area (Å²) in [6.45, 7) is 3.35. The summed E-state index contributed by atoms with van der Waals surface area (Å²) in [5.41, 5.74) is 9.41. The van der Waals surface area contributed by atoms with Crippen molar-refractivity contribution in [2.75, 3.05) is 13.2 Å². The average molecular weight is 373 g/mol. The van der Waals surface area contributed by atoms with Crippen LogP contribution >= 0.6 is 11.6 Å². The van der Waals surface area contributed by atoms with Gasteiger partial charge in [-0.3, -0.25) is 4.79 Å². The molecule has 0 saturated carbocycles. The fourth-order valence-electron chi connectivity index (χ4n) is 3.44. The lowest BCUT2D eigenvalue weighted by atomic mass is 9.91. The van der Waals surface area contributed by atoms with Crippen molar-refractivity contribution in [1.29, 1.82) is 0 Å². The van der Waals surface area contributed by atoms with Crippen LogP contribution in [0.15, 0.2) is 48.5 Å². The van der Waals surface area contributed by atoms with Crippen molar-refractivity contribution in [3.8, 4) is 11.1 Å². The van der Waals surface area contributed by atoms with E-state index in [4.69, 9.17) is 22.1 Å². The summed E-state index contributed by atoms with van der Waals surface area (Å²) in [5, 5.41) is 3.79. The third kappa shape index (κ3) is 4.44. The van der Waals surface area contributed by atoms with Gasteiger partial charge in [0.05, 0.1) is 12.1 Å². The number of rotatable bonds is 5. The summed E-state index contributed by atoms with van der Waals surface area (Å²) in [6, 6.07) is 15.2. The van der Waals surface area contributed by atoms with Crippen LogP contribution in [0, 0.1) is 5.92 Å². The van der Waals surface area contributed by atoms with Gasteiger partial charge in [0.2, 0.25) is 5.91 Å². The molecule has 2 atom stereocenters. The van der Waals surface area contributed by atoms with Gasteiger partial charge in [-0.1, -0.05) is 48.0 Å². The standard InChI is InChI=1S/C21H25ClN2O2/c1-14(24-21(25)20(23)16-10-12-26-13-11-16)18-4-2-3-5-19(18)15-6-8-17(22)9-7-15/h2-9,14,16,20H,10-13,23H2,1H3,(H,24,25). The molecule has 1 aliphatic rings. The second-order valence-electron chi connectivity index (χ2n) is 6.80. The molecule has 4 nitrogen and oxygen atoms in total. The van der Waals surface area contributed by atoms with E-state index >= 15 is 0 Å². The fraction of sp³-hybridized carbons (Fsp3) is 0.381. The minimum atomic E-state index is -0.496. The highest BCUT2D eigenvalue weighted by Gasteiger charge is 2.27. The quantitative estimate of drug-likeness (QED) is 0.835. The third-order valence-electron chi connectivity index (χ3n) is 5.02. The van der Waals surface area contributed by atoms with Crippen molar-refractivity contribution < 1.29 is 9.53 Å². The van der Waals surface area contributed by atoms with E-state index in [2.05, 4.69) is 11.4 Å². The predicted octanol–water partition coefficient (Wildman–Crippen LogP) is 3.94. The zero-order valence-corrected chi connectivity index (χ0v) is 15.7. The SMILES string of the molecule is CC(NC(=O)C(N)C1CCOCC1)c1ccccc1-c1ccc(Cl)cc1. The third-order valence-corrected chi connectivity index (χ3v) is 5.27. The molecule has 3 N–H and O–H groups in total. The lowest BCUT2D eigenvalue weighted by Crippen LogP contribution is -2.47. The van der Waals surface area contributed by atoms with E-state index in [0.29, 0.717) is 18.2 Å². The molecule has 26 heavy (non-hydrogen) atoms. The molecular weight excluding hydrogens is 348 g/mol. The average Bonchev–Trinajstić information content (AvgIpc) is 2.68. The lowest BCUT2D eigenvalue weighted by molar-refractivity contribution is -0.125. The fourth-order valence-corrected chi connectivity index (χ4v) is 3.57. The minimum Gasteiger partial charge on any atom is -0.381 e. The number of benzene rings is 2. The Labute approximate surface area is 159 Å². The van der Waals surface area contributed by atoms with Gasteiger partial charge in [0, 0.05) is 18.2 Å². The molecule has 0 radical (unpaired) electrons. The molecule has 2 unspecified atom stereocenters. The molecule has 1 saturated heterocycles. The van der Waals surface area contributed by atoms with Crippen molar-refractivity contribution in [1.82, 2.24) is 5.32 Å². The van der Waals surface area contributed by atoms with E-state index in [1.54, 1.807) is 0 Å². The number of amides is 1. The van der Waals surface area contributed by atoms with Crippen LogP contribution in [0.5, 0.6) is 0 Å². The van der Waals surface area contributed by atoms with Crippen LogP contribution in [0.1, 0.15) is 31.4 Å². The molecule has 1 aliphatic heterocycles. The first-order chi connectivity index (χ1) is 12.6. The Hall–Kier alpha value is -1.88. The molecule has 5 heteroatoms. The number of nitrogens with one attached hydrogen (secondary N) is 1. The Kier molecular flexibility index (Phi) is 6.30. The monoisotopic (exact) mass is 372 g/mol. The smallest absolute Gasteiger partial charge is 0.237 e. The number of ether oxygens (including phenoxy) is 1. The number of hydrogen-bond acceptors (Lipinski definition) is 3. The predicted molar refractivity (Wildman–Crippen MR) is 105 cm³/mol. The molecule has 138 valence electrons. The van der Waals surface area contributed by atoms with Crippen LogP contribution in [-0.4, -0.2) is 25.2 Å². The number of carbonyl (C=O) groups excluding carboxylic acids is 1. The molecule has 3 rings (SSSR count). The molecule has 2 aromatic rings. The maximum absolute atomic E-state index is 12.6. The largest absolute Gasteiger partial charge is 0.381 e. The van der Waals surface area contributed by atoms with Crippen LogP contribution in [0.4, 0.5) is 0 Å². The highest BCUT2D eigenvalue weighted by atomic mass is 35.5. The maximum atomic E-state index is 12.6. The van der Waals surface area contributed by atoms with Crippen molar-refractivity contribution in [3.63, 3.8) is 0 Å². The number of nitrogens with two attached hydrogens (primary N) is 1. The summed E-state index contributed by atoms with van der Waals surface area (Å²) < 4.78 is 5.36. The van der Waals surface area contributed by atoms with Gasteiger partial charge >= 0.3 is 0 Å². The normalized spacial score (nSPS) is 17.5. The first-order valence-corrected chi connectivity index (χ1v) is 9.42. The van der Waals surface area contributed by atoms with Crippen LogP contribution in [0.25, 0.3) is 11.1 Å². The Morgan fingerprint density at radius 2 is 1.81 bits per heavy atom. The van der Waals surface area contributed by atoms with E-state index in [0.717, 1.165) is 29.5 Å². The van der Waals surface area contributed by atoms with Crippen molar-refractivity contribution in [3.05, 3.63) is 59.1 Å². The first-order valence-electron chi connectivity index (χ1n) is 9.05. The van der Waals surface area contributed by atoms with E-state index in [1.165, 1.54) is 0 Å². The van der Waals surface area contributed by atoms with E-state index in [1.807, 2.05) is 49.4 Å². The molecule has 1 fully saturated rings. The summed E-state index contributed by atoms with van der Waals surface area (Å²) in [7, 11) is 0. The van der Waals surface area contributed by atoms with E-state index in [-0.39, 0.29) is 17.9 Å². The van der Waals surface area contributed by atoms with Crippen LogP contribution < -0.4 is 11.1 Å². The molecule has 1 amide bonds. The van der Waals surface area contributed by atoms with Crippen LogP contribution in [0.2, 0.25) is 5.02 Å². The second kappa shape index (κ2) is 8.67. The molecule has 0 bridgehead atoms. The van der Waals surface area contributed by atoms with Crippen LogP contribution in [0.3, 0.4) is 0 Å². The van der Waals surface area contributed by atoms with E-state index in [9.17, 15) is 4.79 Å². The summed E-state index contributed by atoms with van der Waals surface area (Å²) in [6.07, 6.45) is 1.68. The lowest BCUT2D eigenvalue weighted by Gasteiger charge is -2.28. The van der Waals surface area contributed by atoms with Gasteiger partial charge in [-0.2, -0.15) is 0 Å². The number of hydrogen-bond donors (Lipinski definition) is 2. The zero-order valence-electron chi connectivity index (χ0n) is 15.0. The highest BCUT2D eigenvalue weighted by Crippen LogP contribution is 2.29. The molecule has 0 spiro atoms. The molecular formula is C21H25ClN2O2. The van der Waals surface area contributed by atoms with Gasteiger partial charge in [0.25, 0.3) is 0 Å². The van der Waals surface area contributed by atoms with Gasteiger partial charge in [-0.05, 0) is 54.5 Å². The summed E-state index contributed by atoms with van der Waals surface area (Å²) in [4.78, 5) is 12.6. The number of halogens is 1. The Morgan fingerprint density at radius 3 is 2.50 bits per heavy atom. The van der Waals surface area contributed by atoms with Crippen LogP contribution in [-0.2, 0) is 9.53 Å². The van der Waals surface area contributed by atoms with Gasteiger partial charge in [0.15, 0.2) is 0 Å². The first kappa shape index (κ1) is 18.9. The van der Waals surface area contributed by atoms with Gasteiger partial charge in [-0.25, -0.2) is 0 Å². The summed E-state index contributed by atoms with van der Waals surface area (Å²) in [5.74, 6) is 0.0813.